The first-order valence-corrected chi connectivity index (χ1v) is 2.89. The third kappa shape index (κ3) is 1.40. The zero-order valence-corrected chi connectivity index (χ0v) is 5.25. The van der Waals surface area contributed by atoms with Crippen molar-refractivity contribution in [3.8, 4) is 0 Å². The predicted molar refractivity (Wildman–Crippen MR) is 35.0 cm³/mol. The molecule has 1 saturated heterocycles. The van der Waals surface area contributed by atoms with E-state index in [1.807, 2.05) is 0 Å². The summed E-state index contributed by atoms with van der Waals surface area (Å²) in [4.78, 5) is 0. The number of hydrogen-bond donors (Lipinski definition) is 0. The van der Waals surface area contributed by atoms with E-state index in [9.17, 15) is 0 Å². The van der Waals surface area contributed by atoms with Crippen molar-refractivity contribution in [2.75, 3.05) is 6.61 Å². The van der Waals surface area contributed by atoms with E-state index in [1.54, 1.807) is 12.2 Å². The first-order valence-electron chi connectivity index (χ1n) is 2.89. The highest BCUT2D eigenvalue weighted by Crippen LogP contribution is 2.11. The van der Waals surface area contributed by atoms with Crippen molar-refractivity contribution >= 4 is 0 Å². The van der Waals surface area contributed by atoms with Crippen LogP contribution >= 0.6 is 0 Å². The monoisotopic (exact) mass is 126 g/mol. The summed E-state index contributed by atoms with van der Waals surface area (Å²) in [6, 6.07) is 0. The van der Waals surface area contributed by atoms with Gasteiger partial charge < -0.3 is 9.47 Å². The van der Waals surface area contributed by atoms with Gasteiger partial charge in [0.2, 0.25) is 0 Å². The summed E-state index contributed by atoms with van der Waals surface area (Å²) in [5.74, 6) is 0. The third-order valence-corrected chi connectivity index (χ3v) is 1.19. The van der Waals surface area contributed by atoms with E-state index in [-0.39, 0.29) is 12.4 Å². The Morgan fingerprint density at radius 1 is 1.33 bits per heavy atom. The Morgan fingerprint density at radius 2 is 2.11 bits per heavy atom. The summed E-state index contributed by atoms with van der Waals surface area (Å²) in [5.41, 5.74) is 0. The van der Waals surface area contributed by atoms with Crippen LogP contribution in [0.4, 0.5) is 0 Å². The molecule has 1 aliphatic heterocycles. The van der Waals surface area contributed by atoms with Gasteiger partial charge in [0.25, 0.3) is 0 Å². The van der Waals surface area contributed by atoms with Gasteiger partial charge in [-0.05, 0) is 6.08 Å². The molecule has 2 heteroatoms. The predicted octanol–water partition coefficient (Wildman–Crippen LogP) is 1.10. The quantitative estimate of drug-likeness (QED) is 0.516. The molecular formula is C7H10O2. The van der Waals surface area contributed by atoms with Gasteiger partial charge >= 0.3 is 0 Å². The van der Waals surface area contributed by atoms with Gasteiger partial charge in [0.05, 0.1) is 6.61 Å². The molecular weight excluding hydrogens is 116 g/mol. The van der Waals surface area contributed by atoms with Gasteiger partial charge in [-0.2, -0.15) is 0 Å². The first kappa shape index (κ1) is 6.52. The topological polar surface area (TPSA) is 18.5 Å². The average Bonchev–Trinajstić information content (AvgIpc) is 2.34. The summed E-state index contributed by atoms with van der Waals surface area (Å²) < 4.78 is 10.3. The lowest BCUT2D eigenvalue weighted by atomic mass is 10.4. The SMILES string of the molecule is C=CC1COC(C=C)O1. The zero-order chi connectivity index (χ0) is 6.69. The van der Waals surface area contributed by atoms with E-state index < -0.39 is 0 Å². The van der Waals surface area contributed by atoms with Crippen molar-refractivity contribution < 1.29 is 9.47 Å². The summed E-state index contributed by atoms with van der Waals surface area (Å²) >= 11 is 0. The second-order valence-electron chi connectivity index (χ2n) is 1.85. The van der Waals surface area contributed by atoms with E-state index in [2.05, 4.69) is 13.2 Å². The largest absolute Gasteiger partial charge is 0.346 e. The van der Waals surface area contributed by atoms with Gasteiger partial charge in [-0.15, -0.1) is 6.58 Å². The van der Waals surface area contributed by atoms with Gasteiger partial charge in [0.1, 0.15) is 6.10 Å². The second-order valence-corrected chi connectivity index (χ2v) is 1.85. The molecule has 2 unspecified atom stereocenters. The Kier molecular flexibility index (Phi) is 2.03. The van der Waals surface area contributed by atoms with E-state index in [1.165, 1.54) is 0 Å². The minimum Gasteiger partial charge on any atom is -0.346 e. The summed E-state index contributed by atoms with van der Waals surface area (Å²) in [5, 5.41) is 0. The molecule has 0 spiro atoms. The van der Waals surface area contributed by atoms with Crippen molar-refractivity contribution in [2.24, 2.45) is 0 Å². The zero-order valence-electron chi connectivity index (χ0n) is 5.25. The number of hydrogen-bond acceptors (Lipinski definition) is 2. The van der Waals surface area contributed by atoms with E-state index in [0.29, 0.717) is 6.61 Å². The minimum absolute atomic E-state index is 0.0491. The third-order valence-electron chi connectivity index (χ3n) is 1.19. The maximum atomic E-state index is 5.20. The normalized spacial score (nSPS) is 34.2. The highest BCUT2D eigenvalue weighted by molar-refractivity contribution is 4.87. The Bertz CT molecular complexity index is 106. The summed E-state index contributed by atoms with van der Waals surface area (Å²) in [6.45, 7) is 7.70. The molecule has 50 valence electrons. The molecule has 9 heavy (non-hydrogen) atoms. The standard InChI is InChI=1S/C7H10O2/c1-3-6-5-8-7(4-2)9-6/h3-4,6-7H,1-2,5H2. The summed E-state index contributed by atoms with van der Waals surface area (Å²) in [6.07, 6.45) is 3.17. The van der Waals surface area contributed by atoms with E-state index >= 15 is 0 Å². The molecule has 0 aromatic heterocycles. The Hall–Kier alpha value is -0.600. The molecule has 0 aliphatic carbocycles. The molecule has 1 rings (SSSR count). The average molecular weight is 126 g/mol. The van der Waals surface area contributed by atoms with Crippen LogP contribution in [0.5, 0.6) is 0 Å². The minimum atomic E-state index is -0.229. The highest BCUT2D eigenvalue weighted by atomic mass is 16.7. The van der Waals surface area contributed by atoms with Crippen LogP contribution in [0.25, 0.3) is 0 Å². The Balaban J connectivity index is 2.36. The molecule has 0 amide bonds. The molecule has 0 bridgehead atoms. The van der Waals surface area contributed by atoms with Crippen LogP contribution in [-0.4, -0.2) is 19.0 Å². The van der Waals surface area contributed by atoms with Crippen LogP contribution in [-0.2, 0) is 9.47 Å². The molecule has 0 aromatic rings. The number of rotatable bonds is 2. The fourth-order valence-corrected chi connectivity index (χ4v) is 0.688. The van der Waals surface area contributed by atoms with Crippen LogP contribution < -0.4 is 0 Å². The van der Waals surface area contributed by atoms with Crippen molar-refractivity contribution in [3.05, 3.63) is 25.3 Å². The highest BCUT2D eigenvalue weighted by Gasteiger charge is 2.19. The van der Waals surface area contributed by atoms with E-state index in [4.69, 9.17) is 9.47 Å². The smallest absolute Gasteiger partial charge is 0.177 e. The molecule has 0 N–H and O–H groups in total. The fraction of sp³-hybridized carbons (Fsp3) is 0.429. The Morgan fingerprint density at radius 3 is 2.44 bits per heavy atom. The van der Waals surface area contributed by atoms with E-state index in [0.717, 1.165) is 0 Å². The molecule has 0 aromatic carbocycles. The van der Waals surface area contributed by atoms with Crippen LogP contribution in [0, 0.1) is 0 Å². The Labute approximate surface area is 54.8 Å². The van der Waals surface area contributed by atoms with Gasteiger partial charge in [-0.3, -0.25) is 0 Å². The van der Waals surface area contributed by atoms with Gasteiger partial charge in [0, 0.05) is 0 Å². The first-order chi connectivity index (χ1) is 4.36. The molecule has 1 heterocycles. The lowest BCUT2D eigenvalue weighted by Crippen LogP contribution is -2.06. The second kappa shape index (κ2) is 2.80. The molecule has 1 fully saturated rings. The van der Waals surface area contributed by atoms with Crippen LogP contribution in [0.1, 0.15) is 0 Å². The van der Waals surface area contributed by atoms with Crippen LogP contribution in [0.15, 0.2) is 25.3 Å². The van der Waals surface area contributed by atoms with Crippen molar-refractivity contribution in [2.45, 2.75) is 12.4 Å². The van der Waals surface area contributed by atoms with Crippen molar-refractivity contribution in [1.82, 2.24) is 0 Å². The lowest BCUT2D eigenvalue weighted by molar-refractivity contribution is -0.0113. The van der Waals surface area contributed by atoms with Crippen LogP contribution in [0.2, 0.25) is 0 Å². The van der Waals surface area contributed by atoms with Crippen LogP contribution in [0.3, 0.4) is 0 Å². The molecule has 0 saturated carbocycles. The maximum Gasteiger partial charge on any atom is 0.177 e. The maximum absolute atomic E-state index is 5.20. The summed E-state index contributed by atoms with van der Waals surface area (Å²) in [7, 11) is 0. The fourth-order valence-electron chi connectivity index (χ4n) is 0.688. The van der Waals surface area contributed by atoms with Crippen molar-refractivity contribution in [3.63, 3.8) is 0 Å². The van der Waals surface area contributed by atoms with Gasteiger partial charge in [-0.25, -0.2) is 0 Å². The lowest BCUT2D eigenvalue weighted by Gasteiger charge is -2.01. The molecule has 1 aliphatic rings. The van der Waals surface area contributed by atoms with Gasteiger partial charge in [0.15, 0.2) is 6.29 Å². The molecule has 0 radical (unpaired) electrons. The van der Waals surface area contributed by atoms with Gasteiger partial charge in [-0.1, -0.05) is 12.7 Å². The number of ether oxygens (including phenoxy) is 2. The molecule has 2 nitrogen and oxygen atoms in total. The molecule has 2 atom stereocenters. The van der Waals surface area contributed by atoms with Crippen molar-refractivity contribution in [1.29, 1.82) is 0 Å².